The lowest BCUT2D eigenvalue weighted by Gasteiger charge is -2.08. The Balaban J connectivity index is 2.69. The Morgan fingerprint density at radius 1 is 1.22 bits per heavy atom. The molecule has 0 aromatic heterocycles. The SMILES string of the molecule is NCCSCCNS(=O)(=O)c1c(F)cccc1F. The molecule has 0 aliphatic rings. The minimum absolute atomic E-state index is 0.0980. The summed E-state index contributed by atoms with van der Waals surface area (Å²) in [6.07, 6.45) is 0. The van der Waals surface area contributed by atoms with Gasteiger partial charge in [0.05, 0.1) is 0 Å². The molecule has 0 aliphatic heterocycles. The first-order valence-electron chi connectivity index (χ1n) is 5.20. The molecule has 0 radical (unpaired) electrons. The molecule has 18 heavy (non-hydrogen) atoms. The number of sulfonamides is 1. The lowest BCUT2D eigenvalue weighted by molar-refractivity contribution is 0.515. The molecule has 1 aromatic rings. The Kier molecular flexibility index (Phi) is 6.00. The molecule has 0 saturated carbocycles. The molecular formula is C10H14F2N2O2S2. The highest BCUT2D eigenvalue weighted by molar-refractivity contribution is 7.99. The Bertz CT molecular complexity index is 474. The normalized spacial score (nSPS) is 11.7. The second kappa shape index (κ2) is 7.03. The van der Waals surface area contributed by atoms with Gasteiger partial charge in [-0.3, -0.25) is 0 Å². The Hall–Kier alpha value is -0.700. The number of benzene rings is 1. The van der Waals surface area contributed by atoms with Gasteiger partial charge >= 0.3 is 0 Å². The van der Waals surface area contributed by atoms with Crippen molar-refractivity contribution in [1.82, 2.24) is 4.72 Å². The third-order valence-corrected chi connectivity index (χ3v) is 4.52. The van der Waals surface area contributed by atoms with Crippen molar-refractivity contribution in [3.63, 3.8) is 0 Å². The van der Waals surface area contributed by atoms with Gasteiger partial charge in [-0.2, -0.15) is 11.8 Å². The molecule has 1 aromatic carbocycles. The number of hydrogen-bond acceptors (Lipinski definition) is 4. The van der Waals surface area contributed by atoms with Crippen molar-refractivity contribution in [2.75, 3.05) is 24.6 Å². The van der Waals surface area contributed by atoms with Gasteiger partial charge in [-0.15, -0.1) is 0 Å². The van der Waals surface area contributed by atoms with Crippen molar-refractivity contribution in [2.24, 2.45) is 5.73 Å². The van der Waals surface area contributed by atoms with E-state index in [1.54, 1.807) is 0 Å². The van der Waals surface area contributed by atoms with Gasteiger partial charge in [0.25, 0.3) is 0 Å². The van der Waals surface area contributed by atoms with Crippen molar-refractivity contribution in [1.29, 1.82) is 0 Å². The van der Waals surface area contributed by atoms with Crippen LogP contribution in [0.15, 0.2) is 23.1 Å². The molecule has 0 amide bonds. The van der Waals surface area contributed by atoms with Crippen molar-refractivity contribution >= 4 is 21.8 Å². The average Bonchev–Trinajstić information content (AvgIpc) is 2.28. The highest BCUT2D eigenvalue weighted by Gasteiger charge is 2.22. The monoisotopic (exact) mass is 296 g/mol. The lowest BCUT2D eigenvalue weighted by Crippen LogP contribution is -2.28. The fourth-order valence-electron chi connectivity index (χ4n) is 1.25. The van der Waals surface area contributed by atoms with E-state index in [9.17, 15) is 17.2 Å². The van der Waals surface area contributed by atoms with Crippen LogP contribution >= 0.6 is 11.8 Å². The first kappa shape index (κ1) is 15.4. The third kappa shape index (κ3) is 4.20. The third-order valence-electron chi connectivity index (χ3n) is 1.99. The number of halogens is 2. The summed E-state index contributed by atoms with van der Waals surface area (Å²) in [6, 6.07) is 2.92. The molecule has 0 aliphatic carbocycles. The summed E-state index contributed by atoms with van der Waals surface area (Å²) in [4.78, 5) is -0.936. The second-order valence-electron chi connectivity index (χ2n) is 3.35. The highest BCUT2D eigenvalue weighted by Crippen LogP contribution is 2.17. The van der Waals surface area contributed by atoms with Crippen LogP contribution in [0.3, 0.4) is 0 Å². The van der Waals surface area contributed by atoms with Crippen LogP contribution in [0.1, 0.15) is 0 Å². The summed E-state index contributed by atoms with van der Waals surface area (Å²) in [5.74, 6) is -1.00. The molecule has 4 nitrogen and oxygen atoms in total. The minimum atomic E-state index is -4.15. The zero-order valence-electron chi connectivity index (χ0n) is 9.53. The predicted octanol–water partition coefficient (Wildman–Crippen LogP) is 0.935. The lowest BCUT2D eigenvalue weighted by atomic mass is 10.3. The Labute approximate surface area is 109 Å². The Morgan fingerprint density at radius 2 is 1.83 bits per heavy atom. The highest BCUT2D eigenvalue weighted by atomic mass is 32.2. The number of thioether (sulfide) groups is 1. The molecule has 1 rings (SSSR count). The Morgan fingerprint density at radius 3 is 2.39 bits per heavy atom. The summed E-state index contributed by atoms with van der Waals surface area (Å²) in [5, 5.41) is 0. The first-order valence-corrected chi connectivity index (χ1v) is 7.84. The van der Waals surface area contributed by atoms with Gasteiger partial charge < -0.3 is 5.73 Å². The molecule has 0 bridgehead atoms. The average molecular weight is 296 g/mol. The van der Waals surface area contributed by atoms with Crippen LogP contribution in [0, 0.1) is 11.6 Å². The van der Waals surface area contributed by atoms with Crippen LogP contribution in [0.25, 0.3) is 0 Å². The topological polar surface area (TPSA) is 72.2 Å². The molecule has 0 unspecified atom stereocenters. The number of nitrogens with two attached hydrogens (primary N) is 1. The van der Waals surface area contributed by atoms with E-state index in [1.807, 2.05) is 0 Å². The van der Waals surface area contributed by atoms with Gasteiger partial charge in [-0.25, -0.2) is 21.9 Å². The van der Waals surface area contributed by atoms with E-state index in [1.165, 1.54) is 11.8 Å². The van der Waals surface area contributed by atoms with Gasteiger partial charge in [0.1, 0.15) is 11.6 Å². The molecular weight excluding hydrogens is 282 g/mol. The van der Waals surface area contributed by atoms with Crippen molar-refractivity contribution in [3.8, 4) is 0 Å². The van der Waals surface area contributed by atoms with Crippen molar-refractivity contribution in [3.05, 3.63) is 29.8 Å². The minimum Gasteiger partial charge on any atom is -0.330 e. The zero-order chi connectivity index (χ0) is 13.6. The maximum absolute atomic E-state index is 13.3. The molecule has 8 heteroatoms. The van der Waals surface area contributed by atoms with Gasteiger partial charge in [0.15, 0.2) is 4.90 Å². The predicted molar refractivity (Wildman–Crippen MR) is 67.9 cm³/mol. The standard InChI is InChI=1S/C10H14F2N2O2S2/c11-8-2-1-3-9(12)10(8)18(15,16)14-5-7-17-6-4-13/h1-3,14H,4-7,13H2. The maximum atomic E-state index is 13.3. The fraction of sp³-hybridized carbons (Fsp3) is 0.400. The fourth-order valence-corrected chi connectivity index (χ4v) is 3.16. The van der Waals surface area contributed by atoms with Gasteiger partial charge in [-0.1, -0.05) is 6.07 Å². The summed E-state index contributed by atoms with van der Waals surface area (Å²) in [6.45, 7) is 0.597. The summed E-state index contributed by atoms with van der Waals surface area (Å²) in [5.41, 5.74) is 5.27. The van der Waals surface area contributed by atoms with Gasteiger partial charge in [0.2, 0.25) is 10.0 Å². The van der Waals surface area contributed by atoms with E-state index >= 15 is 0 Å². The van der Waals surface area contributed by atoms with Gasteiger partial charge in [0, 0.05) is 24.6 Å². The van der Waals surface area contributed by atoms with Crippen LogP contribution < -0.4 is 10.5 Å². The van der Waals surface area contributed by atoms with E-state index in [-0.39, 0.29) is 6.54 Å². The molecule has 0 atom stereocenters. The molecule has 102 valence electrons. The van der Waals surface area contributed by atoms with E-state index in [0.29, 0.717) is 18.1 Å². The maximum Gasteiger partial charge on any atom is 0.246 e. The molecule has 0 heterocycles. The summed E-state index contributed by atoms with van der Waals surface area (Å²) >= 11 is 1.46. The summed E-state index contributed by atoms with van der Waals surface area (Å²) < 4.78 is 52.1. The first-order chi connectivity index (χ1) is 8.49. The van der Waals surface area contributed by atoms with Crippen molar-refractivity contribution < 1.29 is 17.2 Å². The number of hydrogen-bond donors (Lipinski definition) is 2. The van der Waals surface area contributed by atoms with Crippen LogP contribution in [-0.2, 0) is 10.0 Å². The van der Waals surface area contributed by atoms with Crippen molar-refractivity contribution in [2.45, 2.75) is 4.90 Å². The van der Waals surface area contributed by atoms with E-state index in [4.69, 9.17) is 5.73 Å². The number of nitrogens with one attached hydrogen (secondary N) is 1. The van der Waals surface area contributed by atoms with Crippen LogP contribution in [0.2, 0.25) is 0 Å². The van der Waals surface area contributed by atoms with E-state index in [2.05, 4.69) is 4.72 Å². The largest absolute Gasteiger partial charge is 0.330 e. The van der Waals surface area contributed by atoms with E-state index < -0.39 is 26.6 Å². The second-order valence-corrected chi connectivity index (χ2v) is 6.28. The molecule has 3 N–H and O–H groups in total. The number of rotatable bonds is 7. The van der Waals surface area contributed by atoms with Gasteiger partial charge in [-0.05, 0) is 12.1 Å². The smallest absolute Gasteiger partial charge is 0.246 e. The van der Waals surface area contributed by atoms with E-state index in [0.717, 1.165) is 18.2 Å². The zero-order valence-corrected chi connectivity index (χ0v) is 11.2. The molecule has 0 saturated heterocycles. The molecule has 0 spiro atoms. The van der Waals surface area contributed by atoms with Crippen LogP contribution in [-0.4, -0.2) is 33.0 Å². The summed E-state index contributed by atoms with van der Waals surface area (Å²) in [7, 11) is -4.15. The molecule has 0 fully saturated rings. The quantitative estimate of drug-likeness (QED) is 0.734. The van der Waals surface area contributed by atoms with Crippen LogP contribution in [0.4, 0.5) is 8.78 Å². The van der Waals surface area contributed by atoms with Crippen LogP contribution in [0.5, 0.6) is 0 Å².